The van der Waals surface area contributed by atoms with Crippen molar-refractivity contribution in [1.82, 2.24) is 0 Å². The van der Waals surface area contributed by atoms with Crippen molar-refractivity contribution in [2.24, 2.45) is 23.7 Å². The van der Waals surface area contributed by atoms with E-state index in [0.717, 1.165) is 85.3 Å². The topological polar surface area (TPSA) is 95.8 Å². The van der Waals surface area contributed by atoms with E-state index < -0.39 is 0 Å². The minimum atomic E-state index is 0.459. The van der Waals surface area contributed by atoms with Gasteiger partial charge in [-0.3, -0.25) is 0 Å². The maximum atomic E-state index is 7.92. The van der Waals surface area contributed by atoms with Crippen molar-refractivity contribution in [2.75, 3.05) is 24.7 Å². The summed E-state index contributed by atoms with van der Waals surface area (Å²) in [5.74, 6) is 5.05. The zero-order chi connectivity index (χ0) is 22.3. The molecule has 31 heavy (non-hydrogen) atoms. The van der Waals surface area contributed by atoms with Gasteiger partial charge in [0.05, 0.1) is 12.2 Å². The van der Waals surface area contributed by atoms with Gasteiger partial charge in [-0.25, -0.2) is 10.5 Å². The third-order valence-corrected chi connectivity index (χ3v) is 7.92. The molecule has 4 unspecified atom stereocenters. The van der Waals surface area contributed by atoms with Crippen molar-refractivity contribution < 1.29 is 38.7 Å². The Morgan fingerprint density at radius 2 is 1.35 bits per heavy atom. The van der Waals surface area contributed by atoms with Crippen LogP contribution < -0.4 is 0 Å². The van der Waals surface area contributed by atoms with Crippen molar-refractivity contribution in [3.8, 4) is 0 Å². The van der Waals surface area contributed by atoms with E-state index in [4.69, 9.17) is 20.0 Å². The zero-order valence-corrected chi connectivity index (χ0v) is 20.4. The maximum Gasteiger partial charge on any atom is 0.0606 e. The van der Waals surface area contributed by atoms with Crippen LogP contribution in [0.1, 0.15) is 71.6 Å². The fourth-order valence-corrected chi connectivity index (χ4v) is 5.64. The lowest BCUT2D eigenvalue weighted by molar-refractivity contribution is -0.432. The quantitative estimate of drug-likeness (QED) is 0.133. The third kappa shape index (κ3) is 11.4. The molecule has 8 nitrogen and oxygen atoms in total. The van der Waals surface area contributed by atoms with E-state index in [1.54, 1.807) is 0 Å². The number of hydrogen-bond acceptors (Lipinski definition) is 10. The monoisotopic (exact) mass is 484 g/mol. The summed E-state index contributed by atoms with van der Waals surface area (Å²) in [6.07, 6.45) is 11.8. The van der Waals surface area contributed by atoms with Crippen LogP contribution in [0.15, 0.2) is 0 Å². The second-order valence-electron chi connectivity index (χ2n) is 9.00. The summed E-state index contributed by atoms with van der Waals surface area (Å²) in [5.41, 5.74) is 0. The van der Waals surface area contributed by atoms with Crippen molar-refractivity contribution in [3.05, 3.63) is 0 Å². The molecular weight excluding hydrogens is 444 g/mol. The molecule has 2 N–H and O–H groups in total. The standard InChI is InChI=1S/C11H20O4S.C10H20O4S/c1-8-5-10-6-9(8)7-11(10)13-3-2-4-16-15-14-12;1-9-3-5-10(6-4-9)12-7-2-8-15-14-13-11/h8-12H,2-7H2,1H3;9-11H,2-8H2,1H3. The first kappa shape index (κ1) is 27.6. The normalized spacial score (nSPS) is 32.1. The molecule has 0 saturated heterocycles. The van der Waals surface area contributed by atoms with Crippen LogP contribution in [0.3, 0.4) is 0 Å². The van der Waals surface area contributed by atoms with Crippen molar-refractivity contribution in [1.29, 1.82) is 0 Å². The van der Waals surface area contributed by atoms with Gasteiger partial charge in [-0.05, 0) is 81.5 Å². The predicted octanol–water partition coefficient (Wildman–Crippen LogP) is 5.94. The number of fused-ring (bicyclic) bond motifs is 2. The lowest BCUT2D eigenvalue weighted by Gasteiger charge is -2.26. The van der Waals surface area contributed by atoms with Crippen LogP contribution in [0, 0.1) is 23.7 Å². The van der Waals surface area contributed by atoms with Gasteiger partial charge in [0.2, 0.25) is 0 Å². The van der Waals surface area contributed by atoms with Crippen LogP contribution in [0.4, 0.5) is 0 Å². The minimum Gasteiger partial charge on any atom is -0.378 e. The fraction of sp³-hybridized carbons (Fsp3) is 1.00. The Labute approximate surface area is 195 Å². The van der Waals surface area contributed by atoms with Gasteiger partial charge in [0.25, 0.3) is 0 Å². The molecule has 0 radical (unpaired) electrons. The van der Waals surface area contributed by atoms with Gasteiger partial charge < -0.3 is 9.47 Å². The summed E-state index contributed by atoms with van der Waals surface area (Å²) in [4.78, 5) is 0. The van der Waals surface area contributed by atoms with Crippen LogP contribution in [-0.2, 0) is 28.2 Å². The second-order valence-corrected chi connectivity index (χ2v) is 10.6. The number of hydrogen-bond donors (Lipinski definition) is 2. The Hall–Kier alpha value is 0.380. The Morgan fingerprint density at radius 1 is 0.742 bits per heavy atom. The highest BCUT2D eigenvalue weighted by Gasteiger charge is 2.44. The molecule has 3 aliphatic rings. The summed E-state index contributed by atoms with van der Waals surface area (Å²) in [7, 11) is 0. The molecule has 0 heterocycles. The van der Waals surface area contributed by atoms with Gasteiger partial charge in [0.15, 0.2) is 0 Å². The zero-order valence-electron chi connectivity index (χ0n) is 18.8. The van der Waals surface area contributed by atoms with Crippen LogP contribution in [0.2, 0.25) is 0 Å². The lowest BCUT2D eigenvalue weighted by Crippen LogP contribution is -2.24. The molecule has 4 atom stereocenters. The highest BCUT2D eigenvalue weighted by molar-refractivity contribution is 7.94. The second kappa shape index (κ2) is 16.9. The number of rotatable bonds is 14. The molecule has 0 aliphatic heterocycles. The molecule has 3 rings (SSSR count). The highest BCUT2D eigenvalue weighted by atomic mass is 32.2. The Morgan fingerprint density at radius 3 is 1.87 bits per heavy atom. The summed E-state index contributed by atoms with van der Waals surface area (Å²) in [5, 5.41) is 22.8. The van der Waals surface area contributed by atoms with E-state index in [1.165, 1.54) is 44.9 Å². The third-order valence-electron chi connectivity index (χ3n) is 6.70. The molecular formula is C21H40O8S2. The largest absolute Gasteiger partial charge is 0.378 e. The van der Waals surface area contributed by atoms with Crippen LogP contribution in [-0.4, -0.2) is 47.4 Å². The molecule has 184 valence electrons. The van der Waals surface area contributed by atoms with Gasteiger partial charge >= 0.3 is 0 Å². The molecule has 3 saturated carbocycles. The van der Waals surface area contributed by atoms with Gasteiger partial charge in [-0.15, -0.1) is 8.67 Å². The molecule has 10 heteroatoms. The van der Waals surface area contributed by atoms with Gasteiger partial charge in [0.1, 0.15) is 0 Å². The first-order valence-corrected chi connectivity index (χ1v) is 13.4. The molecule has 2 bridgehead atoms. The van der Waals surface area contributed by atoms with Crippen LogP contribution in [0.5, 0.6) is 0 Å². The van der Waals surface area contributed by atoms with E-state index in [9.17, 15) is 0 Å². The first-order chi connectivity index (χ1) is 15.1. The fourth-order valence-electron chi connectivity index (χ4n) is 4.94. The van der Waals surface area contributed by atoms with Crippen molar-refractivity contribution in [3.63, 3.8) is 0 Å². The smallest absolute Gasteiger partial charge is 0.0606 e. The van der Waals surface area contributed by atoms with E-state index in [0.29, 0.717) is 12.2 Å². The van der Waals surface area contributed by atoms with E-state index in [2.05, 4.69) is 32.6 Å². The average molecular weight is 485 g/mol. The Bertz CT molecular complexity index is 438. The summed E-state index contributed by atoms with van der Waals surface area (Å²) < 4.78 is 20.2. The summed E-state index contributed by atoms with van der Waals surface area (Å²) >= 11 is 2.19. The van der Waals surface area contributed by atoms with Gasteiger partial charge in [0, 0.05) is 48.8 Å². The Kier molecular flexibility index (Phi) is 15.1. The molecule has 0 aromatic carbocycles. The molecule has 3 aliphatic carbocycles. The molecule has 0 spiro atoms. The Balaban J connectivity index is 0.000000221. The maximum absolute atomic E-state index is 7.92. The molecule has 3 fully saturated rings. The molecule has 0 aromatic heterocycles. The van der Waals surface area contributed by atoms with E-state index in [-0.39, 0.29) is 0 Å². The highest BCUT2D eigenvalue weighted by Crippen LogP contribution is 2.49. The minimum absolute atomic E-state index is 0.459. The van der Waals surface area contributed by atoms with Crippen LogP contribution >= 0.6 is 24.1 Å². The summed E-state index contributed by atoms with van der Waals surface area (Å²) in [6.45, 7) is 6.22. The van der Waals surface area contributed by atoms with Gasteiger partial charge in [-0.2, -0.15) is 0 Å². The van der Waals surface area contributed by atoms with Gasteiger partial charge in [-0.1, -0.05) is 23.9 Å². The van der Waals surface area contributed by atoms with Crippen LogP contribution in [0.25, 0.3) is 0 Å². The van der Waals surface area contributed by atoms with E-state index >= 15 is 0 Å². The predicted molar refractivity (Wildman–Crippen MR) is 121 cm³/mol. The van der Waals surface area contributed by atoms with Crippen molar-refractivity contribution in [2.45, 2.75) is 83.8 Å². The summed E-state index contributed by atoms with van der Waals surface area (Å²) in [6, 6.07) is 0. The van der Waals surface area contributed by atoms with Crippen molar-refractivity contribution >= 4 is 24.1 Å². The lowest BCUT2D eigenvalue weighted by atomic mass is 9.89. The molecule has 0 aromatic rings. The molecule has 0 amide bonds. The first-order valence-electron chi connectivity index (χ1n) is 11.6. The SMILES string of the molecule is CC1CC2CC1CC2OCCCSOOO.CC1CCC(OCCCSOOO)CC1. The average Bonchev–Trinajstić information content (AvgIpc) is 3.34. The number of ether oxygens (including phenoxy) is 2. The van der Waals surface area contributed by atoms with E-state index in [1.807, 2.05) is 0 Å².